The van der Waals surface area contributed by atoms with Crippen LogP contribution in [0.5, 0.6) is 0 Å². The Labute approximate surface area is 112 Å². The molecule has 3 nitrogen and oxygen atoms in total. The zero-order valence-corrected chi connectivity index (χ0v) is 12.2. The van der Waals surface area contributed by atoms with Gasteiger partial charge in [0.2, 0.25) is 0 Å². The Balaban J connectivity index is 2.06. The Kier molecular flexibility index (Phi) is 3.88. The molecule has 0 amide bonds. The molecule has 0 radical (unpaired) electrons. The highest BCUT2D eigenvalue weighted by molar-refractivity contribution is 7.10. The van der Waals surface area contributed by atoms with Crippen molar-refractivity contribution in [2.75, 3.05) is 0 Å². The summed E-state index contributed by atoms with van der Waals surface area (Å²) < 4.78 is 1.91. The van der Waals surface area contributed by atoms with Crippen LogP contribution in [-0.4, -0.2) is 14.9 Å². The van der Waals surface area contributed by atoms with Gasteiger partial charge in [0.05, 0.1) is 11.8 Å². The fourth-order valence-corrected chi connectivity index (χ4v) is 3.26. The van der Waals surface area contributed by atoms with Crippen LogP contribution in [0.4, 0.5) is 0 Å². The molecule has 0 aromatic carbocycles. The van der Waals surface area contributed by atoms with Gasteiger partial charge in [-0.05, 0) is 56.2 Å². The van der Waals surface area contributed by atoms with Crippen LogP contribution in [0.1, 0.15) is 39.9 Å². The van der Waals surface area contributed by atoms with E-state index in [9.17, 15) is 5.11 Å². The normalized spacial score (nSPS) is 12.9. The summed E-state index contributed by atoms with van der Waals surface area (Å²) in [6.07, 6.45) is 1.28. The molecule has 1 unspecified atom stereocenters. The van der Waals surface area contributed by atoms with E-state index in [4.69, 9.17) is 0 Å². The number of rotatable bonds is 4. The van der Waals surface area contributed by atoms with E-state index >= 15 is 0 Å². The third-order valence-corrected chi connectivity index (χ3v) is 4.65. The minimum absolute atomic E-state index is 0.357. The molecular formula is C14H20N2OS. The van der Waals surface area contributed by atoms with E-state index in [1.807, 2.05) is 24.0 Å². The van der Waals surface area contributed by atoms with E-state index in [1.54, 1.807) is 11.3 Å². The number of aliphatic hydroxyl groups excluding tert-OH is 1. The third-order valence-electron chi connectivity index (χ3n) is 3.53. The minimum Gasteiger partial charge on any atom is -0.388 e. The second-order valence-corrected chi connectivity index (χ2v) is 5.74. The largest absolute Gasteiger partial charge is 0.388 e. The molecule has 0 aliphatic carbocycles. The van der Waals surface area contributed by atoms with Gasteiger partial charge in [-0.3, -0.25) is 4.68 Å². The van der Waals surface area contributed by atoms with Gasteiger partial charge in [-0.2, -0.15) is 5.10 Å². The van der Waals surface area contributed by atoms with Gasteiger partial charge < -0.3 is 5.11 Å². The Bertz CT molecular complexity index is 542. The Morgan fingerprint density at radius 2 is 2.11 bits per heavy atom. The Morgan fingerprint density at radius 1 is 1.39 bits per heavy atom. The van der Waals surface area contributed by atoms with Crippen molar-refractivity contribution in [3.05, 3.63) is 38.8 Å². The van der Waals surface area contributed by atoms with Crippen molar-refractivity contribution < 1.29 is 5.11 Å². The monoisotopic (exact) mass is 264 g/mol. The Morgan fingerprint density at radius 3 is 2.61 bits per heavy atom. The first-order valence-corrected chi connectivity index (χ1v) is 7.09. The van der Waals surface area contributed by atoms with Crippen LogP contribution in [0.15, 0.2) is 11.4 Å². The molecule has 4 heteroatoms. The highest BCUT2D eigenvalue weighted by Crippen LogP contribution is 2.28. The molecule has 0 saturated carbocycles. The van der Waals surface area contributed by atoms with Crippen LogP contribution in [0.2, 0.25) is 0 Å². The molecule has 2 aromatic rings. The summed E-state index contributed by atoms with van der Waals surface area (Å²) in [7, 11) is 1.96. The van der Waals surface area contributed by atoms with Gasteiger partial charge in [0.15, 0.2) is 0 Å². The molecule has 0 saturated heterocycles. The maximum atomic E-state index is 10.2. The lowest BCUT2D eigenvalue weighted by Gasteiger charge is -2.10. The molecule has 2 heterocycles. The zero-order valence-electron chi connectivity index (χ0n) is 11.4. The quantitative estimate of drug-likeness (QED) is 0.921. The molecule has 1 atom stereocenters. The third kappa shape index (κ3) is 2.49. The number of aromatic nitrogens is 2. The van der Waals surface area contributed by atoms with Gasteiger partial charge in [-0.1, -0.05) is 0 Å². The SMILES string of the molecule is Cc1ccsc1C(O)CCc1c(C)nn(C)c1C. The van der Waals surface area contributed by atoms with Crippen LogP contribution in [0, 0.1) is 20.8 Å². The van der Waals surface area contributed by atoms with Crippen molar-refractivity contribution in [3.8, 4) is 0 Å². The first-order valence-electron chi connectivity index (χ1n) is 6.21. The van der Waals surface area contributed by atoms with Crippen LogP contribution in [0.3, 0.4) is 0 Å². The maximum Gasteiger partial charge on any atom is 0.0887 e. The standard InChI is InChI=1S/C14H20N2OS/c1-9-7-8-18-14(9)13(17)6-5-12-10(2)15-16(4)11(12)3/h7-8,13,17H,5-6H2,1-4H3. The number of aliphatic hydroxyl groups is 1. The predicted octanol–water partition coefficient (Wildman–Crippen LogP) is 3.07. The number of hydrogen-bond donors (Lipinski definition) is 1. The maximum absolute atomic E-state index is 10.2. The molecule has 0 spiro atoms. The second-order valence-electron chi connectivity index (χ2n) is 4.80. The van der Waals surface area contributed by atoms with Gasteiger partial charge in [-0.25, -0.2) is 0 Å². The fraction of sp³-hybridized carbons (Fsp3) is 0.500. The first-order chi connectivity index (χ1) is 8.50. The average molecular weight is 264 g/mol. The van der Waals surface area contributed by atoms with Gasteiger partial charge in [0.1, 0.15) is 0 Å². The van der Waals surface area contributed by atoms with Gasteiger partial charge in [-0.15, -0.1) is 11.3 Å². The van der Waals surface area contributed by atoms with Crippen molar-refractivity contribution in [1.82, 2.24) is 9.78 Å². The van der Waals surface area contributed by atoms with Crippen molar-refractivity contribution in [1.29, 1.82) is 0 Å². The molecular weight excluding hydrogens is 244 g/mol. The van der Waals surface area contributed by atoms with E-state index in [2.05, 4.69) is 25.0 Å². The molecule has 18 heavy (non-hydrogen) atoms. The van der Waals surface area contributed by atoms with Gasteiger partial charge >= 0.3 is 0 Å². The lowest BCUT2D eigenvalue weighted by Crippen LogP contribution is -2.01. The van der Waals surface area contributed by atoms with Crippen LogP contribution >= 0.6 is 11.3 Å². The lowest BCUT2D eigenvalue weighted by molar-refractivity contribution is 0.171. The van der Waals surface area contributed by atoms with E-state index in [-0.39, 0.29) is 6.10 Å². The number of aryl methyl sites for hydroxylation is 3. The smallest absolute Gasteiger partial charge is 0.0887 e. The van der Waals surface area contributed by atoms with E-state index < -0.39 is 0 Å². The molecule has 98 valence electrons. The van der Waals surface area contributed by atoms with Crippen molar-refractivity contribution in [2.24, 2.45) is 7.05 Å². The summed E-state index contributed by atoms with van der Waals surface area (Å²) in [6.45, 7) is 6.17. The average Bonchev–Trinajstić information content (AvgIpc) is 2.83. The summed E-state index contributed by atoms with van der Waals surface area (Å²) in [5, 5.41) is 16.7. The fourth-order valence-electron chi connectivity index (χ4n) is 2.32. The topological polar surface area (TPSA) is 38.1 Å². The number of nitrogens with zero attached hydrogens (tertiary/aromatic N) is 2. The molecule has 0 bridgehead atoms. The van der Waals surface area contributed by atoms with Crippen molar-refractivity contribution in [3.63, 3.8) is 0 Å². The second kappa shape index (κ2) is 5.24. The number of hydrogen-bond acceptors (Lipinski definition) is 3. The lowest BCUT2D eigenvalue weighted by atomic mass is 10.0. The van der Waals surface area contributed by atoms with E-state index in [1.165, 1.54) is 16.8 Å². The molecule has 0 aliphatic rings. The summed E-state index contributed by atoms with van der Waals surface area (Å²) in [5.41, 5.74) is 4.73. The minimum atomic E-state index is -0.357. The van der Waals surface area contributed by atoms with E-state index in [0.29, 0.717) is 0 Å². The summed E-state index contributed by atoms with van der Waals surface area (Å²) in [6, 6.07) is 2.06. The Hall–Kier alpha value is -1.13. The van der Waals surface area contributed by atoms with Crippen LogP contribution < -0.4 is 0 Å². The molecule has 0 fully saturated rings. The molecule has 2 aromatic heterocycles. The summed E-state index contributed by atoms with van der Waals surface area (Å²) in [4.78, 5) is 1.09. The molecule has 2 rings (SSSR count). The molecule has 1 N–H and O–H groups in total. The predicted molar refractivity (Wildman–Crippen MR) is 75.0 cm³/mol. The first kappa shape index (κ1) is 13.3. The van der Waals surface area contributed by atoms with Crippen LogP contribution in [-0.2, 0) is 13.5 Å². The van der Waals surface area contributed by atoms with Gasteiger partial charge in [0, 0.05) is 17.6 Å². The summed E-state index contributed by atoms with van der Waals surface area (Å²) >= 11 is 1.64. The van der Waals surface area contributed by atoms with Crippen molar-refractivity contribution >= 4 is 11.3 Å². The van der Waals surface area contributed by atoms with Crippen LogP contribution in [0.25, 0.3) is 0 Å². The highest BCUT2D eigenvalue weighted by Gasteiger charge is 2.15. The highest BCUT2D eigenvalue weighted by atomic mass is 32.1. The number of thiophene rings is 1. The molecule has 0 aliphatic heterocycles. The summed E-state index contributed by atoms with van der Waals surface area (Å²) in [5.74, 6) is 0. The van der Waals surface area contributed by atoms with Crippen molar-refractivity contribution in [2.45, 2.75) is 39.7 Å². The van der Waals surface area contributed by atoms with Gasteiger partial charge in [0.25, 0.3) is 0 Å². The van der Waals surface area contributed by atoms with E-state index in [0.717, 1.165) is 23.4 Å². The zero-order chi connectivity index (χ0) is 13.3.